The highest BCUT2D eigenvalue weighted by Gasteiger charge is 2.33. The van der Waals surface area contributed by atoms with E-state index in [4.69, 9.17) is 21.1 Å². The lowest BCUT2D eigenvalue weighted by Crippen LogP contribution is -2.27. The van der Waals surface area contributed by atoms with Gasteiger partial charge in [-0.05, 0) is 43.7 Å². The Kier molecular flexibility index (Phi) is 7.17. The number of nitrogens with zero attached hydrogens (tertiary/aromatic N) is 1. The predicted molar refractivity (Wildman–Crippen MR) is 125 cm³/mol. The summed E-state index contributed by atoms with van der Waals surface area (Å²) in [5.41, 5.74) is 0.448. The van der Waals surface area contributed by atoms with E-state index >= 15 is 0 Å². The molecular formula is C24H25ClF3NO4S. The summed E-state index contributed by atoms with van der Waals surface area (Å²) in [5.74, 6) is 0.562. The normalized spacial score (nSPS) is 20.7. The van der Waals surface area contributed by atoms with Crippen LogP contribution in [0.25, 0.3) is 6.08 Å². The summed E-state index contributed by atoms with van der Waals surface area (Å²) in [6.07, 6.45) is 0.790. The molecule has 1 saturated heterocycles. The molecule has 2 aliphatic rings. The van der Waals surface area contributed by atoms with Crippen molar-refractivity contribution in [2.24, 2.45) is 0 Å². The number of benzene rings is 2. The summed E-state index contributed by atoms with van der Waals surface area (Å²) >= 11 is 6.24. The van der Waals surface area contributed by atoms with Crippen molar-refractivity contribution in [3.63, 3.8) is 0 Å². The lowest BCUT2D eigenvalue weighted by molar-refractivity contribution is -0.137. The van der Waals surface area contributed by atoms with Gasteiger partial charge in [-0.15, -0.1) is 0 Å². The molecule has 5 nitrogen and oxygen atoms in total. The van der Waals surface area contributed by atoms with Crippen molar-refractivity contribution in [2.45, 2.75) is 30.4 Å². The van der Waals surface area contributed by atoms with Crippen LogP contribution in [0.4, 0.5) is 13.2 Å². The molecule has 2 aliphatic heterocycles. The van der Waals surface area contributed by atoms with Gasteiger partial charge in [0.15, 0.2) is 9.84 Å². The van der Waals surface area contributed by atoms with E-state index in [1.807, 2.05) is 17.0 Å². The molecule has 10 heteroatoms. The highest BCUT2D eigenvalue weighted by Crippen LogP contribution is 2.41. The summed E-state index contributed by atoms with van der Waals surface area (Å²) in [4.78, 5) is 2.04. The molecule has 0 N–H and O–H groups in total. The second-order valence-corrected chi connectivity index (χ2v) is 11.3. The molecule has 2 aromatic rings. The molecule has 0 aliphatic carbocycles. The zero-order chi connectivity index (χ0) is 24.5. The predicted octanol–water partition coefficient (Wildman–Crippen LogP) is 5.39. The molecule has 2 atom stereocenters. The van der Waals surface area contributed by atoms with Crippen LogP contribution in [0.15, 0.2) is 42.5 Å². The van der Waals surface area contributed by atoms with Crippen LogP contribution in [-0.4, -0.2) is 51.1 Å². The molecule has 0 spiro atoms. The van der Waals surface area contributed by atoms with Crippen molar-refractivity contribution in [3.05, 3.63) is 64.2 Å². The van der Waals surface area contributed by atoms with E-state index in [1.54, 1.807) is 18.2 Å². The van der Waals surface area contributed by atoms with Crippen LogP contribution in [0.3, 0.4) is 0 Å². The number of alkyl halides is 3. The number of likely N-dealkylation sites (tertiary alicyclic amines) is 1. The fourth-order valence-corrected chi connectivity index (χ4v) is 5.44. The Bertz CT molecular complexity index is 1180. The van der Waals surface area contributed by atoms with Gasteiger partial charge in [0, 0.05) is 30.5 Å². The van der Waals surface area contributed by atoms with Gasteiger partial charge in [0.1, 0.15) is 17.6 Å². The molecule has 2 aromatic carbocycles. The molecule has 0 amide bonds. The number of hydrogen-bond acceptors (Lipinski definition) is 5. The van der Waals surface area contributed by atoms with Crippen LogP contribution in [0.5, 0.6) is 11.5 Å². The van der Waals surface area contributed by atoms with Crippen molar-refractivity contribution >= 4 is 27.5 Å². The highest BCUT2D eigenvalue weighted by molar-refractivity contribution is 7.91. The third-order valence-corrected chi connectivity index (χ3v) is 7.94. The molecule has 1 fully saturated rings. The minimum Gasteiger partial charge on any atom is -0.493 e. The Balaban J connectivity index is 1.46. The Morgan fingerprint density at radius 3 is 2.74 bits per heavy atom. The Morgan fingerprint density at radius 2 is 2.03 bits per heavy atom. The summed E-state index contributed by atoms with van der Waals surface area (Å²) in [7, 11) is -3.08. The first-order valence-electron chi connectivity index (χ1n) is 10.9. The Labute approximate surface area is 202 Å². The molecule has 2 unspecified atom stereocenters. The van der Waals surface area contributed by atoms with E-state index in [-0.39, 0.29) is 17.6 Å². The van der Waals surface area contributed by atoms with Crippen molar-refractivity contribution in [1.82, 2.24) is 4.90 Å². The quantitative estimate of drug-likeness (QED) is 0.463. The zero-order valence-corrected chi connectivity index (χ0v) is 20.1. The Morgan fingerprint density at radius 1 is 1.24 bits per heavy atom. The van der Waals surface area contributed by atoms with Crippen molar-refractivity contribution < 1.29 is 31.1 Å². The third-order valence-electron chi connectivity index (χ3n) is 6.05. The minimum atomic E-state index is -4.51. The first kappa shape index (κ1) is 24.9. The van der Waals surface area contributed by atoms with Crippen LogP contribution >= 0.6 is 11.6 Å². The zero-order valence-electron chi connectivity index (χ0n) is 18.5. The van der Waals surface area contributed by atoms with E-state index < -0.39 is 27.7 Å². The second-order valence-electron chi connectivity index (χ2n) is 8.55. The SMILES string of the molecule is CS(=O)(=O)C1CCN(CCCOc2cc(C(F)(F)F)ccc2C2C=Cc3cccc(Cl)c3O2)C1. The molecule has 4 rings (SSSR count). The molecule has 0 radical (unpaired) electrons. The third kappa shape index (κ3) is 5.70. The summed E-state index contributed by atoms with van der Waals surface area (Å²) in [6, 6.07) is 8.69. The van der Waals surface area contributed by atoms with E-state index in [2.05, 4.69) is 0 Å². The van der Waals surface area contributed by atoms with Gasteiger partial charge in [0.05, 0.1) is 22.4 Å². The summed E-state index contributed by atoms with van der Waals surface area (Å²) in [6.45, 7) is 1.92. The second kappa shape index (κ2) is 9.79. The Hall–Kier alpha value is -2.23. The van der Waals surface area contributed by atoms with Gasteiger partial charge in [-0.3, -0.25) is 0 Å². The number of para-hydroxylation sites is 1. The van der Waals surface area contributed by atoms with Gasteiger partial charge in [0.2, 0.25) is 0 Å². The van der Waals surface area contributed by atoms with Gasteiger partial charge >= 0.3 is 6.18 Å². The van der Waals surface area contributed by atoms with Gasteiger partial charge in [0.25, 0.3) is 0 Å². The maximum absolute atomic E-state index is 13.3. The number of sulfone groups is 1. The first-order valence-corrected chi connectivity index (χ1v) is 13.2. The van der Waals surface area contributed by atoms with Crippen LogP contribution in [0, 0.1) is 0 Å². The standard InChI is InChI=1S/C24H25ClF3NO4S/c1-34(30,31)18-10-12-29(15-18)11-3-13-32-22-14-17(24(26,27)28)7-8-19(22)21-9-6-16-4-2-5-20(25)23(16)33-21/h2,4-9,14,18,21H,3,10-13,15H2,1H3. The fraction of sp³-hybridized carbons (Fsp3) is 0.417. The molecule has 34 heavy (non-hydrogen) atoms. The lowest BCUT2D eigenvalue weighted by atomic mass is 10.0. The van der Waals surface area contributed by atoms with Gasteiger partial charge < -0.3 is 14.4 Å². The maximum Gasteiger partial charge on any atom is 0.416 e. The van der Waals surface area contributed by atoms with Gasteiger partial charge in [-0.2, -0.15) is 13.2 Å². The average Bonchev–Trinajstić information content (AvgIpc) is 3.26. The van der Waals surface area contributed by atoms with Crippen molar-refractivity contribution in [1.29, 1.82) is 0 Å². The van der Waals surface area contributed by atoms with Gasteiger partial charge in [-0.1, -0.05) is 35.9 Å². The number of ether oxygens (including phenoxy) is 2. The fourth-order valence-electron chi connectivity index (χ4n) is 4.20. The van der Waals surface area contributed by atoms with Crippen LogP contribution in [-0.2, 0) is 16.0 Å². The monoisotopic (exact) mass is 515 g/mol. The number of fused-ring (bicyclic) bond motifs is 1. The molecule has 0 aromatic heterocycles. The number of rotatable bonds is 7. The largest absolute Gasteiger partial charge is 0.493 e. The lowest BCUT2D eigenvalue weighted by Gasteiger charge is -2.25. The van der Waals surface area contributed by atoms with E-state index in [9.17, 15) is 21.6 Å². The number of hydrogen-bond donors (Lipinski definition) is 0. The molecular weight excluding hydrogens is 491 g/mol. The van der Waals surface area contributed by atoms with E-state index in [1.165, 1.54) is 12.3 Å². The molecule has 184 valence electrons. The highest BCUT2D eigenvalue weighted by atomic mass is 35.5. The van der Waals surface area contributed by atoms with Crippen LogP contribution in [0.1, 0.15) is 35.6 Å². The number of halogens is 4. The maximum atomic E-state index is 13.3. The van der Waals surface area contributed by atoms with E-state index in [0.29, 0.717) is 48.8 Å². The van der Waals surface area contributed by atoms with Crippen molar-refractivity contribution in [2.75, 3.05) is 32.5 Å². The van der Waals surface area contributed by atoms with Gasteiger partial charge in [-0.25, -0.2) is 8.42 Å². The smallest absolute Gasteiger partial charge is 0.416 e. The molecule has 0 saturated carbocycles. The van der Waals surface area contributed by atoms with Crippen molar-refractivity contribution in [3.8, 4) is 11.5 Å². The molecule has 0 bridgehead atoms. The first-order chi connectivity index (χ1) is 16.0. The average molecular weight is 516 g/mol. The minimum absolute atomic E-state index is 0.0930. The molecule has 2 heterocycles. The van der Waals surface area contributed by atoms with Crippen LogP contribution in [0.2, 0.25) is 5.02 Å². The summed E-state index contributed by atoms with van der Waals surface area (Å²) < 4.78 is 75.3. The summed E-state index contributed by atoms with van der Waals surface area (Å²) in [5, 5.41) is 0.0488. The van der Waals surface area contributed by atoms with E-state index in [0.717, 1.165) is 17.7 Å². The topological polar surface area (TPSA) is 55.8 Å². The van der Waals surface area contributed by atoms with Crippen LogP contribution < -0.4 is 9.47 Å².